The van der Waals surface area contributed by atoms with E-state index in [9.17, 15) is 9.59 Å². The number of carbonyl (C=O) groups excluding carboxylic acids is 1. The molecule has 0 aliphatic carbocycles. The second kappa shape index (κ2) is 6.87. The quantitative estimate of drug-likeness (QED) is 0.691. The number of amides is 1. The smallest absolute Gasteiger partial charge is 0.262 e. The molecule has 0 radical (unpaired) electrons. The predicted octanol–water partition coefficient (Wildman–Crippen LogP) is 2.61. The number of rotatable bonds is 4. The SMILES string of the molecule is CCn1c(=S)[nH]c2cc(C(=O)NC(C)c3cnn(C)c3C)ccc2c1=O. The van der Waals surface area contributed by atoms with Crippen LogP contribution in [0.3, 0.4) is 0 Å². The number of fused-ring (bicyclic) bond motifs is 1. The van der Waals surface area contributed by atoms with Gasteiger partial charge in [-0.1, -0.05) is 0 Å². The molecule has 0 saturated carbocycles. The molecule has 0 spiro atoms. The molecule has 3 aromatic rings. The maximum absolute atomic E-state index is 12.6. The van der Waals surface area contributed by atoms with Crippen molar-refractivity contribution < 1.29 is 4.79 Å². The number of hydrogen-bond acceptors (Lipinski definition) is 4. The van der Waals surface area contributed by atoms with Crippen molar-refractivity contribution in [1.29, 1.82) is 0 Å². The molecular weight excluding hydrogens is 350 g/mol. The minimum atomic E-state index is -0.221. The lowest BCUT2D eigenvalue weighted by atomic mass is 10.1. The second-order valence-corrected chi connectivity index (χ2v) is 6.63. The van der Waals surface area contributed by atoms with Crippen molar-refractivity contribution in [2.24, 2.45) is 7.05 Å². The largest absolute Gasteiger partial charge is 0.345 e. The van der Waals surface area contributed by atoms with Gasteiger partial charge in [-0.2, -0.15) is 5.10 Å². The Balaban J connectivity index is 1.93. The van der Waals surface area contributed by atoms with Crippen molar-refractivity contribution in [2.75, 3.05) is 0 Å². The lowest BCUT2D eigenvalue weighted by Crippen LogP contribution is -2.27. The van der Waals surface area contributed by atoms with Crippen LogP contribution in [-0.4, -0.2) is 25.2 Å². The van der Waals surface area contributed by atoms with Gasteiger partial charge in [0.15, 0.2) is 4.77 Å². The van der Waals surface area contributed by atoms with Crippen LogP contribution in [0.15, 0.2) is 29.2 Å². The van der Waals surface area contributed by atoms with Gasteiger partial charge in [-0.3, -0.25) is 18.8 Å². The van der Waals surface area contributed by atoms with Crippen LogP contribution in [0.25, 0.3) is 10.9 Å². The van der Waals surface area contributed by atoms with E-state index in [0.29, 0.717) is 27.8 Å². The van der Waals surface area contributed by atoms with Crippen molar-refractivity contribution >= 4 is 29.0 Å². The van der Waals surface area contributed by atoms with Crippen LogP contribution in [0.1, 0.15) is 41.5 Å². The van der Waals surface area contributed by atoms with Gasteiger partial charge in [-0.25, -0.2) is 0 Å². The Morgan fingerprint density at radius 2 is 2.15 bits per heavy atom. The number of aromatic nitrogens is 4. The van der Waals surface area contributed by atoms with Crippen molar-refractivity contribution in [3.63, 3.8) is 0 Å². The van der Waals surface area contributed by atoms with Gasteiger partial charge in [0.1, 0.15) is 0 Å². The Morgan fingerprint density at radius 1 is 1.42 bits per heavy atom. The van der Waals surface area contributed by atoms with Crippen LogP contribution in [0.2, 0.25) is 0 Å². The highest BCUT2D eigenvalue weighted by molar-refractivity contribution is 7.71. The number of benzene rings is 1. The molecule has 2 heterocycles. The monoisotopic (exact) mass is 371 g/mol. The van der Waals surface area contributed by atoms with Crippen LogP contribution in [0, 0.1) is 11.7 Å². The Hall–Kier alpha value is -2.74. The molecule has 8 heteroatoms. The lowest BCUT2D eigenvalue weighted by Gasteiger charge is -2.14. The highest BCUT2D eigenvalue weighted by atomic mass is 32.1. The minimum Gasteiger partial charge on any atom is -0.345 e. The Bertz CT molecular complexity index is 1110. The summed E-state index contributed by atoms with van der Waals surface area (Å²) >= 11 is 5.22. The highest BCUT2D eigenvalue weighted by Crippen LogP contribution is 2.17. The number of hydrogen-bond donors (Lipinski definition) is 2. The van der Waals surface area contributed by atoms with E-state index in [1.807, 2.05) is 27.8 Å². The molecule has 1 amide bonds. The van der Waals surface area contributed by atoms with E-state index < -0.39 is 0 Å². The van der Waals surface area contributed by atoms with E-state index in [2.05, 4.69) is 15.4 Å². The molecule has 0 saturated heterocycles. The molecule has 0 fully saturated rings. The standard InChI is InChI=1S/C18H21N5O2S/c1-5-23-17(25)13-7-6-12(8-15(13)21-18(23)26)16(24)20-10(2)14-9-19-22(4)11(14)3/h6-10H,5H2,1-4H3,(H,20,24)(H,21,26). The van der Waals surface area contributed by atoms with E-state index in [1.54, 1.807) is 29.1 Å². The fraction of sp³-hybridized carbons (Fsp3) is 0.333. The summed E-state index contributed by atoms with van der Waals surface area (Å²) in [5.41, 5.74) is 2.83. The molecular formula is C18H21N5O2S. The Labute approximate surface area is 155 Å². The number of H-pyrrole nitrogens is 1. The second-order valence-electron chi connectivity index (χ2n) is 6.24. The normalized spacial score (nSPS) is 12.3. The van der Waals surface area contributed by atoms with E-state index >= 15 is 0 Å². The summed E-state index contributed by atoms with van der Waals surface area (Å²) in [5, 5.41) is 7.68. The topological polar surface area (TPSA) is 84.7 Å². The summed E-state index contributed by atoms with van der Waals surface area (Å²) in [6, 6.07) is 4.78. The lowest BCUT2D eigenvalue weighted by molar-refractivity contribution is 0.0940. The molecule has 7 nitrogen and oxygen atoms in total. The molecule has 0 aliphatic heterocycles. The average molecular weight is 371 g/mol. The van der Waals surface area contributed by atoms with Gasteiger partial charge in [-0.05, 0) is 51.2 Å². The van der Waals surface area contributed by atoms with Crippen LogP contribution in [0.5, 0.6) is 0 Å². The zero-order chi connectivity index (χ0) is 19.0. The van der Waals surface area contributed by atoms with Gasteiger partial charge >= 0.3 is 0 Å². The third kappa shape index (κ3) is 3.08. The summed E-state index contributed by atoms with van der Waals surface area (Å²) in [4.78, 5) is 28.1. The third-order valence-electron chi connectivity index (χ3n) is 4.65. The molecule has 136 valence electrons. The zero-order valence-electron chi connectivity index (χ0n) is 15.2. The highest BCUT2D eigenvalue weighted by Gasteiger charge is 2.16. The molecule has 2 N–H and O–H groups in total. The van der Waals surface area contributed by atoms with E-state index in [0.717, 1.165) is 11.3 Å². The van der Waals surface area contributed by atoms with Gasteiger partial charge < -0.3 is 10.3 Å². The first-order valence-corrected chi connectivity index (χ1v) is 8.80. The van der Waals surface area contributed by atoms with Crippen molar-refractivity contribution in [1.82, 2.24) is 24.6 Å². The van der Waals surface area contributed by atoms with Gasteiger partial charge in [0.2, 0.25) is 0 Å². The van der Waals surface area contributed by atoms with Gasteiger partial charge in [0, 0.05) is 30.4 Å². The molecule has 3 rings (SSSR count). The van der Waals surface area contributed by atoms with E-state index in [1.165, 1.54) is 4.57 Å². The molecule has 26 heavy (non-hydrogen) atoms. The van der Waals surface area contributed by atoms with Gasteiger partial charge in [0.25, 0.3) is 11.5 Å². The summed E-state index contributed by atoms with van der Waals surface area (Å²) in [6.45, 7) is 6.23. The zero-order valence-corrected chi connectivity index (χ0v) is 16.0. The first-order chi connectivity index (χ1) is 12.3. The van der Waals surface area contributed by atoms with Crippen LogP contribution in [-0.2, 0) is 13.6 Å². The fourth-order valence-corrected chi connectivity index (χ4v) is 3.30. The summed E-state index contributed by atoms with van der Waals surface area (Å²) < 4.78 is 3.61. The van der Waals surface area contributed by atoms with Crippen LogP contribution < -0.4 is 10.9 Å². The number of nitrogens with zero attached hydrogens (tertiary/aromatic N) is 3. The third-order valence-corrected chi connectivity index (χ3v) is 4.97. The number of aryl methyl sites for hydroxylation is 1. The fourth-order valence-electron chi connectivity index (χ4n) is 2.98. The van der Waals surface area contributed by atoms with E-state index in [-0.39, 0.29) is 17.5 Å². The molecule has 0 bridgehead atoms. The summed E-state index contributed by atoms with van der Waals surface area (Å²) in [6.07, 6.45) is 1.76. The minimum absolute atomic E-state index is 0.155. The molecule has 2 aromatic heterocycles. The number of nitrogens with one attached hydrogen (secondary N) is 2. The van der Waals surface area contributed by atoms with Crippen molar-refractivity contribution in [2.45, 2.75) is 33.4 Å². The predicted molar refractivity (Wildman–Crippen MR) is 103 cm³/mol. The molecule has 0 aliphatic rings. The maximum atomic E-state index is 12.6. The first-order valence-electron chi connectivity index (χ1n) is 8.39. The summed E-state index contributed by atoms with van der Waals surface area (Å²) in [5.74, 6) is -0.221. The maximum Gasteiger partial charge on any atom is 0.262 e. The number of aromatic amines is 1. The van der Waals surface area contributed by atoms with Crippen molar-refractivity contribution in [3.8, 4) is 0 Å². The Morgan fingerprint density at radius 3 is 2.77 bits per heavy atom. The van der Waals surface area contributed by atoms with Gasteiger partial charge in [0.05, 0.1) is 23.1 Å². The average Bonchev–Trinajstić information content (AvgIpc) is 2.94. The van der Waals surface area contributed by atoms with Crippen molar-refractivity contribution in [3.05, 3.63) is 56.3 Å². The molecule has 1 aromatic carbocycles. The number of carbonyl (C=O) groups is 1. The summed E-state index contributed by atoms with van der Waals surface area (Å²) in [7, 11) is 1.86. The van der Waals surface area contributed by atoms with E-state index in [4.69, 9.17) is 12.2 Å². The Kier molecular flexibility index (Phi) is 4.78. The van der Waals surface area contributed by atoms with Gasteiger partial charge in [-0.15, -0.1) is 0 Å². The first kappa shape index (κ1) is 18.1. The molecule has 1 unspecified atom stereocenters. The molecule has 1 atom stereocenters. The van der Waals surface area contributed by atoms with Crippen LogP contribution >= 0.6 is 12.2 Å². The van der Waals surface area contributed by atoms with Crippen LogP contribution in [0.4, 0.5) is 0 Å².